The molecule has 1 amide bonds. The Kier molecular flexibility index (Phi) is 5.19. The molecule has 0 aliphatic carbocycles. The molecule has 2 aromatic carbocycles. The second-order valence-corrected chi connectivity index (χ2v) is 7.79. The van der Waals surface area contributed by atoms with Crippen LogP contribution in [0, 0.1) is 12.7 Å². The molecule has 3 aromatic rings. The number of carbonyl (C=O) groups excluding carboxylic acids is 2. The minimum atomic E-state index is -0.907. The molecular weight excluding hydrogens is 399 g/mol. The van der Waals surface area contributed by atoms with E-state index in [1.807, 2.05) is 24.3 Å². The molecule has 0 saturated carbocycles. The predicted molar refractivity (Wildman–Crippen MR) is 113 cm³/mol. The lowest BCUT2D eigenvalue weighted by atomic mass is 9.93. The Bertz CT molecular complexity index is 1180. The highest BCUT2D eigenvalue weighted by Crippen LogP contribution is 2.42. The summed E-state index contributed by atoms with van der Waals surface area (Å²) >= 11 is 0. The van der Waals surface area contributed by atoms with Gasteiger partial charge in [-0.15, -0.1) is 0 Å². The maximum Gasteiger partial charge on any atom is 0.301 e. The normalized spacial score (nSPS) is 18.2. The van der Waals surface area contributed by atoms with E-state index < -0.39 is 23.5 Å². The Morgan fingerprint density at radius 2 is 1.74 bits per heavy atom. The van der Waals surface area contributed by atoms with E-state index >= 15 is 0 Å². The van der Waals surface area contributed by atoms with Gasteiger partial charge in [0.2, 0.25) is 0 Å². The average Bonchev–Trinajstić information content (AvgIpc) is 3.29. The van der Waals surface area contributed by atoms with E-state index in [-0.39, 0.29) is 22.7 Å². The predicted octanol–water partition coefficient (Wildman–Crippen LogP) is 4.87. The van der Waals surface area contributed by atoms with E-state index in [1.54, 1.807) is 13.0 Å². The first-order valence-corrected chi connectivity index (χ1v) is 9.88. The fourth-order valence-corrected chi connectivity index (χ4v) is 3.68. The quantitative estimate of drug-likeness (QED) is 0.370. The molecule has 1 saturated heterocycles. The lowest BCUT2D eigenvalue weighted by molar-refractivity contribution is -0.132. The number of nitrogens with zero attached hydrogens (tertiary/aromatic N) is 2. The number of carbonyl (C=O) groups is 2. The molecule has 1 fully saturated rings. The molecule has 158 valence electrons. The van der Waals surface area contributed by atoms with Crippen LogP contribution < -0.4 is 4.90 Å². The van der Waals surface area contributed by atoms with Crippen LogP contribution in [0.1, 0.15) is 48.3 Å². The molecule has 0 spiro atoms. The third-order valence-electron chi connectivity index (χ3n) is 5.34. The second-order valence-electron chi connectivity index (χ2n) is 7.79. The Hall–Kier alpha value is -3.74. The number of halogens is 1. The number of amides is 1. The van der Waals surface area contributed by atoms with Crippen LogP contribution in [0.15, 0.2) is 64.7 Å². The van der Waals surface area contributed by atoms with Crippen LogP contribution >= 0.6 is 0 Å². The third kappa shape index (κ3) is 3.63. The zero-order valence-corrected chi connectivity index (χ0v) is 17.3. The lowest BCUT2D eigenvalue weighted by Crippen LogP contribution is -2.29. The molecule has 2 heterocycles. The molecule has 31 heavy (non-hydrogen) atoms. The van der Waals surface area contributed by atoms with E-state index in [0.717, 1.165) is 5.56 Å². The number of aromatic nitrogens is 1. The third-order valence-corrected chi connectivity index (χ3v) is 5.34. The molecule has 1 aliphatic heterocycles. The largest absolute Gasteiger partial charge is 0.507 e. The zero-order valence-electron chi connectivity index (χ0n) is 17.3. The summed E-state index contributed by atoms with van der Waals surface area (Å²) in [6, 6.07) is 13.2. The van der Waals surface area contributed by atoms with Gasteiger partial charge in [0.15, 0.2) is 5.82 Å². The smallest absolute Gasteiger partial charge is 0.301 e. The Morgan fingerprint density at radius 1 is 1.10 bits per heavy atom. The van der Waals surface area contributed by atoms with Gasteiger partial charge in [-0.3, -0.25) is 14.5 Å². The zero-order chi connectivity index (χ0) is 22.3. The van der Waals surface area contributed by atoms with E-state index in [4.69, 9.17) is 4.52 Å². The average molecular weight is 420 g/mol. The highest BCUT2D eigenvalue weighted by molar-refractivity contribution is 6.51. The van der Waals surface area contributed by atoms with Gasteiger partial charge in [-0.05, 0) is 48.2 Å². The van der Waals surface area contributed by atoms with Crippen molar-refractivity contribution < 1.29 is 23.6 Å². The molecule has 7 heteroatoms. The Balaban J connectivity index is 1.91. The van der Waals surface area contributed by atoms with Crippen LogP contribution in [0.25, 0.3) is 5.76 Å². The molecule has 1 aromatic heterocycles. The van der Waals surface area contributed by atoms with Crippen molar-refractivity contribution in [2.45, 2.75) is 32.7 Å². The van der Waals surface area contributed by atoms with E-state index in [9.17, 15) is 19.1 Å². The molecule has 6 nitrogen and oxygen atoms in total. The first-order valence-electron chi connectivity index (χ1n) is 9.88. The Morgan fingerprint density at radius 3 is 2.29 bits per heavy atom. The van der Waals surface area contributed by atoms with Gasteiger partial charge in [-0.2, -0.15) is 0 Å². The van der Waals surface area contributed by atoms with E-state index in [0.29, 0.717) is 17.2 Å². The van der Waals surface area contributed by atoms with Gasteiger partial charge in [-0.1, -0.05) is 43.3 Å². The maximum absolute atomic E-state index is 13.4. The second kappa shape index (κ2) is 7.83. The first-order chi connectivity index (χ1) is 14.8. The standard InChI is InChI=1S/C24H21FN2O4/c1-13(2)15-4-6-16(7-5-15)21-20(22(28)17-8-10-18(25)11-9-17)23(29)24(30)27(21)19-12-14(3)31-26-19/h4-13,21,28H,1-3H3. The summed E-state index contributed by atoms with van der Waals surface area (Å²) < 4.78 is 18.5. The van der Waals surface area contributed by atoms with Gasteiger partial charge in [0, 0.05) is 11.6 Å². The van der Waals surface area contributed by atoms with Crippen molar-refractivity contribution in [2.24, 2.45) is 0 Å². The highest BCUT2D eigenvalue weighted by atomic mass is 19.1. The van der Waals surface area contributed by atoms with Crippen molar-refractivity contribution in [3.05, 3.63) is 88.4 Å². The minimum Gasteiger partial charge on any atom is -0.507 e. The van der Waals surface area contributed by atoms with Crippen LogP contribution in [-0.2, 0) is 9.59 Å². The van der Waals surface area contributed by atoms with Crippen molar-refractivity contribution in [3.63, 3.8) is 0 Å². The number of aryl methyl sites for hydroxylation is 1. The maximum atomic E-state index is 13.4. The van der Waals surface area contributed by atoms with Gasteiger partial charge in [-0.25, -0.2) is 4.39 Å². The molecule has 1 aliphatic rings. The first kappa shape index (κ1) is 20.5. The van der Waals surface area contributed by atoms with Crippen molar-refractivity contribution >= 4 is 23.3 Å². The molecule has 1 atom stereocenters. The minimum absolute atomic E-state index is 0.0884. The van der Waals surface area contributed by atoms with Gasteiger partial charge >= 0.3 is 5.91 Å². The number of hydrogen-bond donors (Lipinski definition) is 1. The van der Waals surface area contributed by atoms with Crippen molar-refractivity contribution in [2.75, 3.05) is 4.90 Å². The van der Waals surface area contributed by atoms with Crippen molar-refractivity contribution in [3.8, 4) is 0 Å². The Labute approximate surface area is 178 Å². The summed E-state index contributed by atoms with van der Waals surface area (Å²) in [5.41, 5.74) is 1.87. The molecule has 0 radical (unpaired) electrons. The SMILES string of the molecule is Cc1cc(N2C(=O)C(=O)C(=C(O)c3ccc(F)cc3)C2c2ccc(C(C)C)cc2)no1. The van der Waals surface area contributed by atoms with Crippen molar-refractivity contribution in [1.29, 1.82) is 0 Å². The fourth-order valence-electron chi connectivity index (χ4n) is 3.68. The molecule has 0 bridgehead atoms. The van der Waals surface area contributed by atoms with Gasteiger partial charge < -0.3 is 9.63 Å². The monoisotopic (exact) mass is 420 g/mol. The molecule has 1 unspecified atom stereocenters. The summed E-state index contributed by atoms with van der Waals surface area (Å²) in [6.45, 7) is 5.81. The van der Waals surface area contributed by atoms with E-state index in [1.165, 1.54) is 29.2 Å². The number of anilines is 1. The van der Waals surface area contributed by atoms with E-state index in [2.05, 4.69) is 19.0 Å². The van der Waals surface area contributed by atoms with Crippen LogP contribution in [-0.4, -0.2) is 22.0 Å². The number of aliphatic hydroxyl groups is 1. The number of rotatable bonds is 4. The van der Waals surface area contributed by atoms with Crippen LogP contribution in [0.5, 0.6) is 0 Å². The summed E-state index contributed by atoms with van der Waals surface area (Å²) in [4.78, 5) is 27.2. The van der Waals surface area contributed by atoms with Gasteiger partial charge in [0.25, 0.3) is 5.78 Å². The van der Waals surface area contributed by atoms with Gasteiger partial charge in [0.05, 0.1) is 11.6 Å². The number of Topliss-reactive ketones (excluding diaryl/α,β-unsaturated/α-hetero) is 1. The molecule has 1 N–H and O–H groups in total. The van der Waals surface area contributed by atoms with Crippen LogP contribution in [0.3, 0.4) is 0 Å². The fraction of sp³-hybridized carbons (Fsp3) is 0.208. The highest BCUT2D eigenvalue weighted by Gasteiger charge is 2.48. The van der Waals surface area contributed by atoms with Crippen LogP contribution in [0.4, 0.5) is 10.2 Å². The lowest BCUT2D eigenvalue weighted by Gasteiger charge is -2.23. The summed E-state index contributed by atoms with van der Waals surface area (Å²) in [6.07, 6.45) is 0. The topological polar surface area (TPSA) is 83.6 Å². The number of ketones is 1. The van der Waals surface area contributed by atoms with Gasteiger partial charge in [0.1, 0.15) is 17.3 Å². The summed E-state index contributed by atoms with van der Waals surface area (Å²) in [7, 11) is 0. The molecule has 4 rings (SSSR count). The summed E-state index contributed by atoms with van der Waals surface area (Å²) in [5, 5.41) is 14.9. The number of aliphatic hydroxyl groups excluding tert-OH is 1. The van der Waals surface area contributed by atoms with Crippen LogP contribution in [0.2, 0.25) is 0 Å². The number of benzene rings is 2. The number of hydrogen-bond acceptors (Lipinski definition) is 5. The summed E-state index contributed by atoms with van der Waals surface area (Å²) in [5.74, 6) is -1.57. The molecular formula is C24H21FN2O4. The van der Waals surface area contributed by atoms with Crippen molar-refractivity contribution in [1.82, 2.24) is 5.16 Å².